The number of carbonyl (C=O) groups excluding carboxylic acids is 1. The molecular formula is C12H16O2Os. The third kappa shape index (κ3) is 4.58. The Morgan fingerprint density at radius 2 is 2.00 bits per heavy atom. The molecule has 0 amide bonds. The van der Waals surface area contributed by atoms with Gasteiger partial charge >= 0.3 is 5.97 Å². The second-order valence-corrected chi connectivity index (χ2v) is 3.44. The Hall–Kier alpha value is -0.674. The van der Waals surface area contributed by atoms with Gasteiger partial charge in [-0.25, -0.2) is 0 Å². The molecule has 0 saturated carbocycles. The molecule has 1 aromatic rings. The molecule has 0 heterocycles. The minimum atomic E-state index is -0.148. The second-order valence-electron chi connectivity index (χ2n) is 3.44. The number of hydrogen-bond acceptors (Lipinski definition) is 2. The van der Waals surface area contributed by atoms with Crippen LogP contribution in [0.1, 0.15) is 30.0 Å². The number of aryl methyl sites for hydroxylation is 2. The first-order valence-corrected chi connectivity index (χ1v) is 4.85. The van der Waals surface area contributed by atoms with Crippen molar-refractivity contribution < 1.29 is 29.3 Å². The number of rotatable bonds is 3. The summed E-state index contributed by atoms with van der Waals surface area (Å²) in [7, 11) is 0. The van der Waals surface area contributed by atoms with Gasteiger partial charge in [-0.3, -0.25) is 4.79 Å². The first-order valence-electron chi connectivity index (χ1n) is 4.85. The molecule has 0 saturated heterocycles. The first-order chi connectivity index (χ1) is 6.63. The molecular weight excluding hydrogens is 366 g/mol. The van der Waals surface area contributed by atoms with Crippen LogP contribution in [0.15, 0.2) is 18.2 Å². The molecule has 0 aromatic heterocycles. The van der Waals surface area contributed by atoms with Crippen molar-refractivity contribution in [1.29, 1.82) is 0 Å². The summed E-state index contributed by atoms with van der Waals surface area (Å²) in [6, 6.07) is 6.13. The van der Waals surface area contributed by atoms with E-state index < -0.39 is 0 Å². The van der Waals surface area contributed by atoms with E-state index in [4.69, 9.17) is 4.74 Å². The standard InChI is InChI=1S/C12H16O2.Os/c1-4-12(13)14-8-11-6-5-9(2)7-10(11)3;/h5-7H,4,8H2,1-3H3;. The van der Waals surface area contributed by atoms with Gasteiger partial charge in [0.2, 0.25) is 0 Å². The largest absolute Gasteiger partial charge is 0.461 e. The van der Waals surface area contributed by atoms with Crippen molar-refractivity contribution in [1.82, 2.24) is 0 Å². The fourth-order valence-electron chi connectivity index (χ4n) is 1.27. The van der Waals surface area contributed by atoms with Crippen molar-refractivity contribution in [3.05, 3.63) is 34.9 Å². The van der Waals surface area contributed by atoms with E-state index in [-0.39, 0.29) is 25.8 Å². The molecule has 0 fully saturated rings. The average molecular weight is 382 g/mol. The van der Waals surface area contributed by atoms with Crippen LogP contribution in [0, 0.1) is 13.8 Å². The zero-order valence-corrected chi connectivity index (χ0v) is 11.9. The summed E-state index contributed by atoms with van der Waals surface area (Å²) < 4.78 is 5.06. The summed E-state index contributed by atoms with van der Waals surface area (Å²) in [6.07, 6.45) is 0.435. The molecule has 0 bridgehead atoms. The number of ether oxygens (including phenoxy) is 1. The third-order valence-electron chi connectivity index (χ3n) is 2.18. The van der Waals surface area contributed by atoms with Gasteiger partial charge in [0.05, 0.1) is 0 Å². The number of esters is 1. The van der Waals surface area contributed by atoms with Crippen molar-refractivity contribution in [2.45, 2.75) is 33.8 Å². The molecule has 0 N–H and O–H groups in total. The maximum Gasteiger partial charge on any atom is 0.305 e. The van der Waals surface area contributed by atoms with Crippen molar-refractivity contribution in [3.63, 3.8) is 0 Å². The summed E-state index contributed by atoms with van der Waals surface area (Å²) in [6.45, 7) is 6.26. The molecule has 0 aliphatic rings. The van der Waals surface area contributed by atoms with Crippen LogP contribution in [0.5, 0.6) is 0 Å². The second kappa shape index (κ2) is 6.74. The minimum Gasteiger partial charge on any atom is -0.461 e. The number of hydrogen-bond donors (Lipinski definition) is 0. The van der Waals surface area contributed by atoms with Gasteiger partial charge in [0.1, 0.15) is 6.61 Å². The molecule has 0 unspecified atom stereocenters. The molecule has 0 spiro atoms. The maximum atomic E-state index is 10.9. The maximum absolute atomic E-state index is 10.9. The van der Waals surface area contributed by atoms with E-state index in [1.54, 1.807) is 6.92 Å². The molecule has 0 radical (unpaired) electrons. The average Bonchev–Trinajstić information content (AvgIpc) is 2.16. The van der Waals surface area contributed by atoms with Crippen LogP contribution in [0.2, 0.25) is 0 Å². The molecule has 3 heteroatoms. The number of benzene rings is 1. The van der Waals surface area contributed by atoms with E-state index >= 15 is 0 Å². The van der Waals surface area contributed by atoms with E-state index in [0.29, 0.717) is 13.0 Å². The zero-order chi connectivity index (χ0) is 10.6. The predicted molar refractivity (Wildman–Crippen MR) is 56.0 cm³/mol. The van der Waals surface area contributed by atoms with Crippen molar-refractivity contribution in [2.24, 2.45) is 0 Å². The minimum absolute atomic E-state index is 0. The monoisotopic (exact) mass is 384 g/mol. The van der Waals surface area contributed by atoms with E-state index in [9.17, 15) is 4.79 Å². The van der Waals surface area contributed by atoms with Crippen molar-refractivity contribution in [2.75, 3.05) is 0 Å². The predicted octanol–water partition coefficient (Wildman–Crippen LogP) is 2.75. The van der Waals surface area contributed by atoms with Gasteiger partial charge in [0.25, 0.3) is 0 Å². The van der Waals surface area contributed by atoms with Gasteiger partial charge in [-0.2, -0.15) is 0 Å². The topological polar surface area (TPSA) is 26.3 Å². The van der Waals surface area contributed by atoms with Gasteiger partial charge in [-0.1, -0.05) is 30.7 Å². The Balaban J connectivity index is 0.00000196. The SMILES string of the molecule is CCC(=O)OCc1ccc(C)cc1C.[Os]. The summed E-state index contributed by atoms with van der Waals surface area (Å²) in [5, 5.41) is 0. The van der Waals surface area contributed by atoms with Crippen LogP contribution >= 0.6 is 0 Å². The van der Waals surface area contributed by atoms with Crippen LogP contribution in [0.4, 0.5) is 0 Å². The normalized spacial score (nSPS) is 9.27. The summed E-state index contributed by atoms with van der Waals surface area (Å²) >= 11 is 0. The van der Waals surface area contributed by atoms with Gasteiger partial charge in [-0.15, -0.1) is 0 Å². The van der Waals surface area contributed by atoms with E-state index in [1.807, 2.05) is 19.1 Å². The molecule has 84 valence electrons. The molecule has 0 atom stereocenters. The summed E-state index contributed by atoms with van der Waals surface area (Å²) in [4.78, 5) is 10.9. The van der Waals surface area contributed by atoms with Crippen molar-refractivity contribution in [3.8, 4) is 0 Å². The Bertz CT molecular complexity index is 334. The molecule has 15 heavy (non-hydrogen) atoms. The smallest absolute Gasteiger partial charge is 0.305 e. The van der Waals surface area contributed by atoms with Gasteiger partial charge in [0.15, 0.2) is 0 Å². The molecule has 0 aliphatic heterocycles. The van der Waals surface area contributed by atoms with Crippen molar-refractivity contribution >= 4 is 5.97 Å². The van der Waals surface area contributed by atoms with Gasteiger partial charge < -0.3 is 4.74 Å². The fourth-order valence-corrected chi connectivity index (χ4v) is 1.27. The van der Waals surface area contributed by atoms with Crippen LogP contribution < -0.4 is 0 Å². The third-order valence-corrected chi connectivity index (χ3v) is 2.18. The molecule has 1 aromatic carbocycles. The number of carbonyl (C=O) groups is 1. The Morgan fingerprint density at radius 1 is 1.33 bits per heavy atom. The van der Waals surface area contributed by atoms with E-state index in [0.717, 1.165) is 5.56 Å². The van der Waals surface area contributed by atoms with Gasteiger partial charge in [0, 0.05) is 26.2 Å². The van der Waals surface area contributed by atoms with Gasteiger partial charge in [-0.05, 0) is 25.0 Å². The first kappa shape index (κ1) is 14.3. The van der Waals surface area contributed by atoms with E-state index in [2.05, 4.69) is 13.0 Å². The van der Waals surface area contributed by atoms with E-state index in [1.165, 1.54) is 11.1 Å². The Morgan fingerprint density at radius 3 is 2.53 bits per heavy atom. The zero-order valence-electron chi connectivity index (χ0n) is 9.32. The Labute approximate surface area is 104 Å². The molecule has 2 nitrogen and oxygen atoms in total. The summed E-state index contributed by atoms with van der Waals surface area (Å²) in [5.41, 5.74) is 3.49. The van der Waals surface area contributed by atoms with Crippen LogP contribution in [0.25, 0.3) is 0 Å². The molecule has 0 aliphatic carbocycles. The fraction of sp³-hybridized carbons (Fsp3) is 0.417. The summed E-state index contributed by atoms with van der Waals surface area (Å²) in [5.74, 6) is -0.148. The quantitative estimate of drug-likeness (QED) is 0.752. The molecule has 1 rings (SSSR count). The van der Waals surface area contributed by atoms with Crippen LogP contribution in [-0.2, 0) is 35.9 Å². The van der Waals surface area contributed by atoms with Crippen LogP contribution in [0.3, 0.4) is 0 Å². The Kier molecular flexibility index (Phi) is 6.44. The van der Waals surface area contributed by atoms with Crippen LogP contribution in [-0.4, -0.2) is 5.97 Å².